The summed E-state index contributed by atoms with van der Waals surface area (Å²) in [6.07, 6.45) is -4.55. The molecule has 1 aromatic heterocycles. The van der Waals surface area contributed by atoms with E-state index in [-0.39, 0.29) is 5.69 Å². The Labute approximate surface area is 104 Å². The maximum Gasteiger partial charge on any atom is 0.573 e. The van der Waals surface area contributed by atoms with Crippen LogP contribution in [0.1, 0.15) is 16.1 Å². The Balaban J connectivity index is 3.52. The third kappa shape index (κ3) is 3.30. The molecular formula is C9H7F3N2O5. The van der Waals surface area contributed by atoms with Crippen molar-refractivity contribution in [3.8, 4) is 5.75 Å². The number of esters is 1. The molecule has 0 N–H and O–H groups in total. The Hall–Kier alpha value is -2.39. The lowest BCUT2D eigenvalue weighted by Gasteiger charge is -2.12. The van der Waals surface area contributed by atoms with Gasteiger partial charge in [0.05, 0.1) is 18.2 Å². The molecule has 0 bridgehead atoms. The number of alkyl halides is 3. The van der Waals surface area contributed by atoms with Gasteiger partial charge in [0.2, 0.25) is 0 Å². The number of hydrogen-bond donors (Lipinski definition) is 0. The van der Waals surface area contributed by atoms with Crippen molar-refractivity contribution < 1.29 is 32.4 Å². The average Bonchev–Trinajstić information content (AvgIpc) is 2.27. The van der Waals surface area contributed by atoms with Crippen molar-refractivity contribution in [2.24, 2.45) is 0 Å². The molecule has 19 heavy (non-hydrogen) atoms. The van der Waals surface area contributed by atoms with Crippen molar-refractivity contribution in [1.29, 1.82) is 0 Å². The molecule has 104 valence electrons. The van der Waals surface area contributed by atoms with E-state index in [4.69, 9.17) is 0 Å². The molecule has 0 aliphatic rings. The minimum absolute atomic E-state index is 0.236. The van der Waals surface area contributed by atoms with Gasteiger partial charge in [0, 0.05) is 0 Å². The van der Waals surface area contributed by atoms with E-state index in [9.17, 15) is 28.1 Å². The molecule has 0 aromatic carbocycles. The molecule has 0 amide bonds. The second-order valence-corrected chi connectivity index (χ2v) is 3.23. The summed E-state index contributed by atoms with van der Waals surface area (Å²) in [6.45, 7) is 1.17. The molecule has 0 fully saturated rings. The Bertz CT molecular complexity index is 529. The minimum Gasteiger partial charge on any atom is -0.465 e. The van der Waals surface area contributed by atoms with Crippen LogP contribution in [0, 0.1) is 17.0 Å². The molecule has 0 atom stereocenters. The number of methoxy groups -OCH3 is 1. The summed E-state index contributed by atoms with van der Waals surface area (Å²) >= 11 is 0. The monoisotopic (exact) mass is 280 g/mol. The molecule has 0 spiro atoms. The van der Waals surface area contributed by atoms with Crippen molar-refractivity contribution >= 4 is 11.7 Å². The van der Waals surface area contributed by atoms with Crippen molar-refractivity contribution in [2.75, 3.05) is 7.11 Å². The van der Waals surface area contributed by atoms with E-state index in [1.807, 2.05) is 0 Å². The van der Waals surface area contributed by atoms with Crippen LogP contribution in [0.3, 0.4) is 0 Å². The van der Waals surface area contributed by atoms with E-state index >= 15 is 0 Å². The maximum atomic E-state index is 12.2. The van der Waals surface area contributed by atoms with Gasteiger partial charge in [0.15, 0.2) is 11.3 Å². The Morgan fingerprint density at radius 3 is 2.47 bits per heavy atom. The maximum absolute atomic E-state index is 12.2. The van der Waals surface area contributed by atoms with E-state index in [1.54, 1.807) is 0 Å². The summed E-state index contributed by atoms with van der Waals surface area (Å²) in [5.74, 6) is -2.41. The number of nitrogens with zero attached hydrogens (tertiary/aromatic N) is 2. The van der Waals surface area contributed by atoms with Crippen LogP contribution in [0.15, 0.2) is 6.20 Å². The summed E-state index contributed by atoms with van der Waals surface area (Å²) in [4.78, 5) is 24.6. The van der Waals surface area contributed by atoms with Gasteiger partial charge in [-0.15, -0.1) is 13.2 Å². The van der Waals surface area contributed by atoms with E-state index < -0.39 is 34.3 Å². The van der Waals surface area contributed by atoms with Crippen LogP contribution >= 0.6 is 0 Å². The van der Waals surface area contributed by atoms with Crippen molar-refractivity contribution in [1.82, 2.24) is 4.98 Å². The highest BCUT2D eigenvalue weighted by Gasteiger charge is 2.37. The first-order valence-electron chi connectivity index (χ1n) is 4.65. The topological polar surface area (TPSA) is 91.6 Å². The van der Waals surface area contributed by atoms with Crippen LogP contribution in [-0.2, 0) is 4.74 Å². The molecule has 0 radical (unpaired) electrons. The quantitative estimate of drug-likeness (QED) is 0.477. The van der Waals surface area contributed by atoms with E-state index in [1.165, 1.54) is 6.92 Å². The lowest BCUT2D eigenvalue weighted by molar-refractivity contribution is -0.386. The summed E-state index contributed by atoms with van der Waals surface area (Å²) in [6, 6.07) is 0. The normalized spacial score (nSPS) is 11.0. The number of rotatable bonds is 3. The predicted octanol–water partition coefficient (Wildman–Crippen LogP) is 1.98. The van der Waals surface area contributed by atoms with E-state index in [0.29, 0.717) is 6.20 Å². The number of carbonyl (C=O) groups excluding carboxylic acids is 1. The summed E-state index contributed by atoms with van der Waals surface area (Å²) in [5, 5.41) is 10.8. The molecule has 0 aliphatic carbocycles. The Morgan fingerprint density at radius 2 is 2.05 bits per heavy atom. The Morgan fingerprint density at radius 1 is 1.47 bits per heavy atom. The summed E-state index contributed by atoms with van der Waals surface area (Å²) in [5.41, 5.74) is -2.06. The number of aromatic nitrogens is 1. The highest BCUT2D eigenvalue weighted by molar-refractivity contribution is 5.97. The zero-order chi connectivity index (χ0) is 14.8. The molecule has 1 rings (SSSR count). The fourth-order valence-electron chi connectivity index (χ4n) is 1.30. The van der Waals surface area contributed by atoms with Crippen molar-refractivity contribution in [2.45, 2.75) is 13.3 Å². The van der Waals surface area contributed by atoms with Crippen LogP contribution in [0.25, 0.3) is 0 Å². The van der Waals surface area contributed by atoms with Gasteiger partial charge in [0.25, 0.3) is 0 Å². The lowest BCUT2D eigenvalue weighted by Crippen LogP contribution is -2.20. The highest BCUT2D eigenvalue weighted by Crippen LogP contribution is 2.33. The SMILES string of the molecule is COC(=O)c1c(OC(F)(F)F)cnc(C)c1[N+](=O)[O-]. The molecule has 1 aromatic rings. The number of aryl methyl sites for hydroxylation is 1. The van der Waals surface area contributed by atoms with E-state index in [0.717, 1.165) is 7.11 Å². The van der Waals surface area contributed by atoms with Gasteiger partial charge in [0.1, 0.15) is 5.69 Å². The van der Waals surface area contributed by atoms with Crippen molar-refractivity contribution in [3.05, 3.63) is 27.6 Å². The first-order valence-corrected chi connectivity index (χ1v) is 4.65. The molecule has 1 heterocycles. The average molecular weight is 280 g/mol. The second kappa shape index (κ2) is 5.08. The first-order chi connectivity index (χ1) is 8.67. The molecule has 0 saturated heterocycles. The largest absolute Gasteiger partial charge is 0.573 e. The highest BCUT2D eigenvalue weighted by atomic mass is 19.4. The van der Waals surface area contributed by atoms with Gasteiger partial charge in [-0.3, -0.25) is 15.1 Å². The smallest absolute Gasteiger partial charge is 0.465 e. The van der Waals surface area contributed by atoms with Crippen LogP contribution in [0.2, 0.25) is 0 Å². The fraction of sp³-hybridized carbons (Fsp3) is 0.333. The third-order valence-electron chi connectivity index (χ3n) is 2.00. The molecule has 0 unspecified atom stereocenters. The zero-order valence-corrected chi connectivity index (χ0v) is 9.65. The number of ether oxygens (including phenoxy) is 2. The number of carbonyl (C=O) groups is 1. The van der Waals surface area contributed by atoms with Crippen LogP contribution in [0.4, 0.5) is 18.9 Å². The molecule has 0 saturated carbocycles. The lowest BCUT2D eigenvalue weighted by atomic mass is 10.1. The van der Waals surface area contributed by atoms with Gasteiger partial charge in [-0.05, 0) is 6.92 Å². The predicted molar refractivity (Wildman–Crippen MR) is 53.7 cm³/mol. The van der Waals surface area contributed by atoms with Gasteiger partial charge in [-0.2, -0.15) is 0 Å². The third-order valence-corrected chi connectivity index (χ3v) is 2.00. The summed E-state index contributed by atoms with van der Waals surface area (Å²) in [7, 11) is 0.874. The van der Waals surface area contributed by atoms with Gasteiger partial charge >= 0.3 is 18.0 Å². The van der Waals surface area contributed by atoms with Crippen LogP contribution in [0.5, 0.6) is 5.75 Å². The van der Waals surface area contributed by atoms with Gasteiger partial charge in [-0.1, -0.05) is 0 Å². The Kier molecular flexibility index (Phi) is 3.92. The van der Waals surface area contributed by atoms with E-state index in [2.05, 4.69) is 14.5 Å². The van der Waals surface area contributed by atoms with Crippen LogP contribution in [-0.4, -0.2) is 29.3 Å². The number of nitro groups is 1. The number of hydrogen-bond acceptors (Lipinski definition) is 6. The minimum atomic E-state index is -5.12. The summed E-state index contributed by atoms with van der Waals surface area (Å²) < 4.78 is 44.2. The zero-order valence-electron chi connectivity index (χ0n) is 9.65. The second-order valence-electron chi connectivity index (χ2n) is 3.23. The standard InChI is InChI=1S/C9H7F3N2O5/c1-4-7(14(16)17)6(8(15)18-2)5(3-13-4)19-9(10,11)12/h3H,1-2H3. The molecule has 7 nitrogen and oxygen atoms in total. The number of halogens is 3. The van der Waals surface area contributed by atoms with Gasteiger partial charge < -0.3 is 9.47 Å². The molecule has 0 aliphatic heterocycles. The first kappa shape index (κ1) is 14.7. The molecular weight excluding hydrogens is 273 g/mol. The van der Waals surface area contributed by atoms with Crippen LogP contribution < -0.4 is 4.74 Å². The van der Waals surface area contributed by atoms with Crippen molar-refractivity contribution in [3.63, 3.8) is 0 Å². The van der Waals surface area contributed by atoms with Gasteiger partial charge in [-0.25, -0.2) is 4.79 Å². The fourth-order valence-corrected chi connectivity index (χ4v) is 1.30. The molecule has 10 heteroatoms. The number of pyridine rings is 1.